The van der Waals surface area contributed by atoms with Gasteiger partial charge in [-0.1, -0.05) is 17.7 Å². The van der Waals surface area contributed by atoms with Crippen LogP contribution in [0.2, 0.25) is 0 Å². The number of rotatable bonds is 6. The van der Waals surface area contributed by atoms with E-state index in [0.717, 1.165) is 24.2 Å². The fraction of sp³-hybridized carbons (Fsp3) is 0.529. The zero-order valence-electron chi connectivity index (χ0n) is 14.2. The van der Waals surface area contributed by atoms with Crippen LogP contribution < -0.4 is 11.1 Å². The molecule has 1 aliphatic heterocycles. The molecule has 7 heteroatoms. The van der Waals surface area contributed by atoms with Gasteiger partial charge >= 0.3 is 0 Å². The SMILES string of the molecule is Cc1ccc(NC(=O)CSCC(=O)N2CC(CN)CC2C)cc1.Cl. The van der Waals surface area contributed by atoms with E-state index in [2.05, 4.69) is 12.2 Å². The zero-order chi connectivity index (χ0) is 16.8. The summed E-state index contributed by atoms with van der Waals surface area (Å²) in [5.41, 5.74) is 7.62. The van der Waals surface area contributed by atoms with Crippen LogP contribution in [0.3, 0.4) is 0 Å². The van der Waals surface area contributed by atoms with E-state index in [4.69, 9.17) is 5.73 Å². The molecule has 1 fully saturated rings. The highest BCUT2D eigenvalue weighted by atomic mass is 35.5. The first kappa shape index (κ1) is 20.8. The number of likely N-dealkylation sites (tertiary alicyclic amines) is 1. The molecule has 1 aromatic carbocycles. The number of aryl methyl sites for hydroxylation is 1. The Labute approximate surface area is 154 Å². The fourth-order valence-electron chi connectivity index (χ4n) is 2.81. The van der Waals surface area contributed by atoms with Crippen molar-refractivity contribution in [3.8, 4) is 0 Å². The van der Waals surface area contributed by atoms with Crippen molar-refractivity contribution >= 4 is 41.7 Å². The lowest BCUT2D eigenvalue weighted by atomic mass is 10.1. The Kier molecular flexibility index (Phi) is 8.59. The van der Waals surface area contributed by atoms with Gasteiger partial charge in [-0.15, -0.1) is 24.2 Å². The fourth-order valence-corrected chi connectivity index (χ4v) is 3.51. The van der Waals surface area contributed by atoms with Crippen molar-refractivity contribution in [2.75, 3.05) is 29.9 Å². The molecule has 1 aromatic rings. The summed E-state index contributed by atoms with van der Waals surface area (Å²) in [4.78, 5) is 26.0. The number of nitrogens with one attached hydrogen (secondary N) is 1. The van der Waals surface area contributed by atoms with E-state index in [1.165, 1.54) is 11.8 Å². The van der Waals surface area contributed by atoms with Gasteiger partial charge in [-0.2, -0.15) is 0 Å². The van der Waals surface area contributed by atoms with Gasteiger partial charge in [0.05, 0.1) is 11.5 Å². The van der Waals surface area contributed by atoms with Crippen molar-refractivity contribution in [2.45, 2.75) is 26.3 Å². The van der Waals surface area contributed by atoms with Crippen LogP contribution in [-0.4, -0.2) is 47.4 Å². The summed E-state index contributed by atoms with van der Waals surface area (Å²) >= 11 is 1.36. The number of hydrogen-bond donors (Lipinski definition) is 2. The van der Waals surface area contributed by atoms with Crippen molar-refractivity contribution in [1.82, 2.24) is 4.90 Å². The topological polar surface area (TPSA) is 75.4 Å². The maximum atomic E-state index is 12.2. The number of nitrogens with zero attached hydrogens (tertiary/aromatic N) is 1. The molecule has 0 spiro atoms. The summed E-state index contributed by atoms with van der Waals surface area (Å²) in [5.74, 6) is 1.04. The van der Waals surface area contributed by atoms with E-state index in [9.17, 15) is 9.59 Å². The maximum Gasteiger partial charge on any atom is 0.234 e. The number of carbonyl (C=O) groups excluding carboxylic acids is 2. The van der Waals surface area contributed by atoms with Crippen molar-refractivity contribution < 1.29 is 9.59 Å². The lowest BCUT2D eigenvalue weighted by Crippen LogP contribution is -2.36. The zero-order valence-corrected chi connectivity index (χ0v) is 15.8. The molecule has 0 radical (unpaired) electrons. The molecule has 5 nitrogen and oxygen atoms in total. The van der Waals surface area contributed by atoms with Gasteiger partial charge in [-0.05, 0) is 44.9 Å². The summed E-state index contributed by atoms with van der Waals surface area (Å²) < 4.78 is 0. The van der Waals surface area contributed by atoms with E-state index in [1.54, 1.807) is 0 Å². The van der Waals surface area contributed by atoms with E-state index in [1.807, 2.05) is 36.1 Å². The molecule has 2 amide bonds. The van der Waals surface area contributed by atoms with Crippen LogP contribution >= 0.6 is 24.2 Å². The van der Waals surface area contributed by atoms with Gasteiger partial charge < -0.3 is 16.0 Å². The molecular formula is C17H26ClN3O2S. The molecule has 0 aromatic heterocycles. The second-order valence-electron chi connectivity index (χ2n) is 6.14. The number of hydrogen-bond acceptors (Lipinski definition) is 4. The molecule has 0 aliphatic carbocycles. The van der Waals surface area contributed by atoms with Crippen molar-refractivity contribution in [1.29, 1.82) is 0 Å². The van der Waals surface area contributed by atoms with Gasteiger partial charge in [0.15, 0.2) is 0 Å². The quantitative estimate of drug-likeness (QED) is 0.804. The molecule has 134 valence electrons. The standard InChI is InChI=1S/C17H25N3O2S.ClH/c1-12-3-5-15(6-4-12)19-16(21)10-23-11-17(22)20-9-14(8-18)7-13(20)2;/h3-6,13-14H,7-11,18H2,1-2H3,(H,19,21);1H. The number of halogens is 1. The number of amides is 2. The third-order valence-electron chi connectivity index (χ3n) is 4.11. The molecule has 0 bridgehead atoms. The number of nitrogens with two attached hydrogens (primary N) is 1. The van der Waals surface area contributed by atoms with E-state index >= 15 is 0 Å². The minimum atomic E-state index is -0.0824. The molecule has 2 unspecified atom stereocenters. The second-order valence-corrected chi connectivity index (χ2v) is 7.13. The lowest BCUT2D eigenvalue weighted by Gasteiger charge is -2.21. The molecular weight excluding hydrogens is 346 g/mol. The highest BCUT2D eigenvalue weighted by molar-refractivity contribution is 8.00. The van der Waals surface area contributed by atoms with Crippen LogP contribution in [0, 0.1) is 12.8 Å². The minimum absolute atomic E-state index is 0. The maximum absolute atomic E-state index is 12.2. The minimum Gasteiger partial charge on any atom is -0.339 e. The van der Waals surface area contributed by atoms with Gasteiger partial charge in [-0.25, -0.2) is 0 Å². The van der Waals surface area contributed by atoms with E-state index in [-0.39, 0.29) is 36.0 Å². The van der Waals surface area contributed by atoms with Crippen LogP contribution in [-0.2, 0) is 9.59 Å². The highest BCUT2D eigenvalue weighted by Crippen LogP contribution is 2.23. The van der Waals surface area contributed by atoms with E-state index < -0.39 is 0 Å². The third kappa shape index (κ3) is 6.00. The summed E-state index contributed by atoms with van der Waals surface area (Å²) in [6, 6.07) is 7.91. The Morgan fingerprint density at radius 2 is 1.96 bits per heavy atom. The average Bonchev–Trinajstić information content (AvgIpc) is 2.90. The second kappa shape index (κ2) is 9.91. The Bertz CT molecular complexity index is 553. The third-order valence-corrected chi connectivity index (χ3v) is 5.03. The Hall–Kier alpha value is -1.24. The predicted octanol–water partition coefficient (Wildman–Crippen LogP) is 2.28. The average molecular weight is 372 g/mol. The number of anilines is 1. The van der Waals surface area contributed by atoms with Crippen molar-refractivity contribution in [3.05, 3.63) is 29.8 Å². The van der Waals surface area contributed by atoms with Crippen LogP contribution in [0.5, 0.6) is 0 Å². The number of thioether (sulfide) groups is 1. The molecule has 3 N–H and O–H groups in total. The number of benzene rings is 1. The molecule has 24 heavy (non-hydrogen) atoms. The van der Waals surface area contributed by atoms with Gasteiger partial charge in [0, 0.05) is 18.3 Å². The predicted molar refractivity (Wildman–Crippen MR) is 103 cm³/mol. The Balaban J connectivity index is 0.00000288. The van der Waals surface area contributed by atoms with Gasteiger partial charge in [0.25, 0.3) is 0 Å². The lowest BCUT2D eigenvalue weighted by molar-refractivity contribution is -0.128. The molecule has 2 rings (SSSR count). The van der Waals surface area contributed by atoms with Crippen LogP contribution in [0.4, 0.5) is 5.69 Å². The monoisotopic (exact) mass is 371 g/mol. The Morgan fingerprint density at radius 1 is 1.29 bits per heavy atom. The highest BCUT2D eigenvalue weighted by Gasteiger charge is 2.31. The summed E-state index contributed by atoms with van der Waals surface area (Å²) in [5, 5.41) is 2.84. The molecule has 1 aliphatic rings. The summed E-state index contributed by atoms with van der Waals surface area (Å²) in [7, 11) is 0. The van der Waals surface area contributed by atoms with Gasteiger partial charge in [0.1, 0.15) is 0 Å². The van der Waals surface area contributed by atoms with Crippen molar-refractivity contribution in [3.63, 3.8) is 0 Å². The molecule has 2 atom stereocenters. The Morgan fingerprint density at radius 3 is 2.54 bits per heavy atom. The largest absolute Gasteiger partial charge is 0.339 e. The normalized spacial score (nSPS) is 19.7. The number of carbonyl (C=O) groups is 2. The first-order valence-corrected chi connectivity index (χ1v) is 9.09. The first-order chi connectivity index (χ1) is 11.0. The van der Waals surface area contributed by atoms with Crippen molar-refractivity contribution in [2.24, 2.45) is 11.7 Å². The smallest absolute Gasteiger partial charge is 0.234 e. The van der Waals surface area contributed by atoms with Crippen LogP contribution in [0.1, 0.15) is 18.9 Å². The van der Waals surface area contributed by atoms with E-state index in [0.29, 0.717) is 18.2 Å². The molecule has 0 saturated carbocycles. The summed E-state index contributed by atoms with van der Waals surface area (Å²) in [6.07, 6.45) is 0.973. The molecule has 1 heterocycles. The van der Waals surface area contributed by atoms with Gasteiger partial charge in [-0.3, -0.25) is 9.59 Å². The van der Waals surface area contributed by atoms with Gasteiger partial charge in [0.2, 0.25) is 11.8 Å². The van der Waals surface area contributed by atoms with Crippen LogP contribution in [0.25, 0.3) is 0 Å². The molecule has 1 saturated heterocycles. The first-order valence-electron chi connectivity index (χ1n) is 7.93. The summed E-state index contributed by atoms with van der Waals surface area (Å²) in [6.45, 7) is 5.43. The van der Waals surface area contributed by atoms with Crippen LogP contribution in [0.15, 0.2) is 24.3 Å².